The molecule has 6 nitrogen and oxygen atoms in total. The van der Waals surface area contributed by atoms with Crippen LogP contribution in [0.3, 0.4) is 0 Å². The number of hydrogen-bond acceptors (Lipinski definition) is 5. The van der Waals surface area contributed by atoms with Gasteiger partial charge >= 0.3 is 6.18 Å². The Bertz CT molecular complexity index is 1350. The number of nitrogens with zero attached hydrogens (tertiary/aromatic N) is 2. The van der Waals surface area contributed by atoms with Crippen LogP contribution in [0, 0.1) is 19.3 Å². The Kier molecular flexibility index (Phi) is 11.6. The molecule has 41 heavy (non-hydrogen) atoms. The van der Waals surface area contributed by atoms with Gasteiger partial charge in [-0.1, -0.05) is 26.0 Å². The minimum Gasteiger partial charge on any atom is -0.476 e. The van der Waals surface area contributed by atoms with Crippen LogP contribution in [0.2, 0.25) is 0 Å². The number of terminal acetylenes is 1. The van der Waals surface area contributed by atoms with E-state index in [0.29, 0.717) is 50.9 Å². The van der Waals surface area contributed by atoms with Crippen molar-refractivity contribution in [2.75, 3.05) is 43.1 Å². The predicted octanol–water partition coefficient (Wildman–Crippen LogP) is 7.37. The number of halogens is 3. The van der Waals surface area contributed by atoms with E-state index in [-0.39, 0.29) is 5.56 Å². The number of pyridine rings is 1. The molecule has 1 fully saturated rings. The van der Waals surface area contributed by atoms with Crippen LogP contribution in [0.1, 0.15) is 54.6 Å². The zero-order valence-electron chi connectivity index (χ0n) is 23.7. The summed E-state index contributed by atoms with van der Waals surface area (Å²) < 4.78 is 50.8. The van der Waals surface area contributed by atoms with Gasteiger partial charge in [0.1, 0.15) is 5.69 Å². The van der Waals surface area contributed by atoms with E-state index in [0.717, 1.165) is 47.4 Å². The maximum absolute atomic E-state index is 13.1. The van der Waals surface area contributed by atoms with Crippen molar-refractivity contribution in [2.45, 2.75) is 46.2 Å². The quantitative estimate of drug-likeness (QED) is 0.216. The molecule has 2 aromatic carbocycles. The maximum atomic E-state index is 13.1. The smallest absolute Gasteiger partial charge is 0.416 e. The predicted molar refractivity (Wildman–Crippen MR) is 156 cm³/mol. The number of alkyl halides is 3. The summed E-state index contributed by atoms with van der Waals surface area (Å²) in [7, 11) is 0. The molecule has 1 saturated heterocycles. The van der Waals surface area contributed by atoms with Crippen LogP contribution in [-0.4, -0.2) is 43.8 Å². The summed E-state index contributed by atoms with van der Waals surface area (Å²) in [5.74, 6) is 2.54. The van der Waals surface area contributed by atoms with E-state index in [9.17, 15) is 18.0 Å². The number of benzene rings is 2. The van der Waals surface area contributed by atoms with Gasteiger partial charge in [0, 0.05) is 42.5 Å². The highest BCUT2D eigenvalue weighted by molar-refractivity contribution is 6.04. The third-order valence-electron chi connectivity index (χ3n) is 6.40. The van der Waals surface area contributed by atoms with E-state index < -0.39 is 17.6 Å². The molecular weight excluding hydrogens is 531 g/mol. The molecule has 1 aliphatic heterocycles. The molecule has 1 aliphatic rings. The van der Waals surface area contributed by atoms with Crippen molar-refractivity contribution in [2.24, 2.45) is 0 Å². The molecule has 1 N–H and O–H groups in total. The van der Waals surface area contributed by atoms with Crippen molar-refractivity contribution >= 4 is 17.3 Å². The summed E-state index contributed by atoms with van der Waals surface area (Å²) in [4.78, 5) is 19.6. The fraction of sp³-hybridized carbons (Fsp3) is 0.375. The van der Waals surface area contributed by atoms with Crippen LogP contribution in [0.5, 0.6) is 5.88 Å². The second-order valence-electron chi connectivity index (χ2n) is 9.22. The van der Waals surface area contributed by atoms with Gasteiger partial charge in [0.2, 0.25) is 5.88 Å². The molecule has 0 aliphatic carbocycles. The Morgan fingerprint density at radius 1 is 1.12 bits per heavy atom. The minimum atomic E-state index is -4.53. The normalized spacial score (nSPS) is 13.0. The zero-order chi connectivity index (χ0) is 29.8. The summed E-state index contributed by atoms with van der Waals surface area (Å²) >= 11 is 0. The van der Waals surface area contributed by atoms with Gasteiger partial charge in [-0.05, 0) is 67.3 Å². The van der Waals surface area contributed by atoms with Crippen molar-refractivity contribution in [1.82, 2.24) is 4.98 Å². The van der Waals surface area contributed by atoms with E-state index in [1.54, 1.807) is 18.3 Å². The lowest BCUT2D eigenvalue weighted by Gasteiger charge is -2.30. The monoisotopic (exact) mass is 567 g/mol. The molecule has 0 unspecified atom stereocenters. The molecular formula is C32H36F3N3O3. The fourth-order valence-electron chi connectivity index (χ4n) is 4.28. The number of aryl methyl sites for hydroxylation is 1. The standard InChI is InChI=1S/C30H30F3N3O3.C2H6/c1-3-4-5-6-14-39-29-27(36-12-15-38-16-13-36)18-23(20-34-29)26-19-25(11-10-21(26)2)35-28(37)22-8-7-9-24(17-22)30(31,32)33;1-2/h1,7-11,17-20H,4-6,12-16H2,2H3,(H,35,37);1-2H3. The van der Waals surface area contributed by atoms with Gasteiger partial charge in [-0.2, -0.15) is 13.2 Å². The Balaban J connectivity index is 0.00000226. The first kappa shape index (κ1) is 31.5. The molecule has 9 heteroatoms. The second kappa shape index (κ2) is 15.1. The average molecular weight is 568 g/mol. The van der Waals surface area contributed by atoms with Crippen LogP contribution in [0.25, 0.3) is 11.1 Å². The van der Waals surface area contributed by atoms with Gasteiger partial charge in [0.05, 0.1) is 25.4 Å². The third kappa shape index (κ3) is 8.73. The van der Waals surface area contributed by atoms with E-state index in [1.807, 2.05) is 32.9 Å². The number of nitrogens with one attached hydrogen (secondary N) is 1. The number of rotatable bonds is 9. The largest absolute Gasteiger partial charge is 0.476 e. The number of morpholine rings is 1. The van der Waals surface area contributed by atoms with Crippen LogP contribution in [0.15, 0.2) is 54.7 Å². The summed E-state index contributed by atoms with van der Waals surface area (Å²) in [6.07, 6.45) is 4.92. The highest BCUT2D eigenvalue weighted by Crippen LogP contribution is 2.35. The van der Waals surface area contributed by atoms with Crippen LogP contribution < -0.4 is 15.0 Å². The zero-order valence-corrected chi connectivity index (χ0v) is 23.7. The summed E-state index contributed by atoms with van der Waals surface area (Å²) in [6.45, 7) is 9.04. The molecule has 1 amide bonds. The Morgan fingerprint density at radius 2 is 1.88 bits per heavy atom. The maximum Gasteiger partial charge on any atom is 0.416 e. The fourth-order valence-corrected chi connectivity index (χ4v) is 4.28. The van der Waals surface area contributed by atoms with Gasteiger partial charge in [-0.15, -0.1) is 12.3 Å². The number of carbonyl (C=O) groups excluding carboxylic acids is 1. The second-order valence-corrected chi connectivity index (χ2v) is 9.22. The first-order valence-electron chi connectivity index (χ1n) is 13.7. The molecule has 0 bridgehead atoms. The highest BCUT2D eigenvalue weighted by Gasteiger charge is 2.31. The molecule has 4 rings (SSSR count). The highest BCUT2D eigenvalue weighted by atomic mass is 19.4. The number of anilines is 2. The van der Waals surface area contributed by atoms with Crippen LogP contribution >= 0.6 is 0 Å². The molecule has 0 radical (unpaired) electrons. The summed E-state index contributed by atoms with van der Waals surface area (Å²) in [5.41, 5.74) is 2.96. The lowest BCUT2D eigenvalue weighted by atomic mass is 10.0. The summed E-state index contributed by atoms with van der Waals surface area (Å²) in [5, 5.41) is 2.72. The van der Waals surface area contributed by atoms with E-state index >= 15 is 0 Å². The van der Waals surface area contributed by atoms with Gasteiger partial charge in [-0.25, -0.2) is 4.98 Å². The van der Waals surface area contributed by atoms with Crippen molar-refractivity contribution in [3.8, 4) is 29.4 Å². The van der Waals surface area contributed by atoms with Crippen molar-refractivity contribution in [3.05, 3.63) is 71.4 Å². The van der Waals surface area contributed by atoms with E-state index in [2.05, 4.69) is 21.1 Å². The van der Waals surface area contributed by atoms with Crippen molar-refractivity contribution in [3.63, 3.8) is 0 Å². The molecule has 0 spiro atoms. The van der Waals surface area contributed by atoms with Crippen molar-refractivity contribution < 1.29 is 27.4 Å². The number of amides is 1. The molecule has 1 aromatic heterocycles. The van der Waals surface area contributed by atoms with Crippen molar-refractivity contribution in [1.29, 1.82) is 0 Å². The van der Waals surface area contributed by atoms with Gasteiger partial charge in [-0.3, -0.25) is 4.79 Å². The first-order chi connectivity index (χ1) is 19.8. The number of unbranched alkanes of at least 4 members (excludes halogenated alkanes) is 2. The molecule has 0 saturated carbocycles. The first-order valence-corrected chi connectivity index (χ1v) is 13.7. The topological polar surface area (TPSA) is 63.7 Å². The van der Waals surface area contributed by atoms with Gasteiger partial charge < -0.3 is 19.7 Å². The lowest BCUT2D eigenvalue weighted by molar-refractivity contribution is -0.137. The van der Waals surface area contributed by atoms with Gasteiger partial charge in [0.25, 0.3) is 5.91 Å². The van der Waals surface area contributed by atoms with Gasteiger partial charge in [0.15, 0.2) is 0 Å². The molecule has 218 valence electrons. The number of hydrogen-bond donors (Lipinski definition) is 1. The molecule has 3 aromatic rings. The average Bonchev–Trinajstić information content (AvgIpc) is 2.99. The lowest BCUT2D eigenvalue weighted by Crippen LogP contribution is -2.36. The number of carbonyl (C=O) groups is 1. The Labute approximate surface area is 239 Å². The van der Waals surface area contributed by atoms with Crippen LogP contribution in [-0.2, 0) is 10.9 Å². The Hall–Kier alpha value is -4.03. The van der Waals surface area contributed by atoms with E-state index in [4.69, 9.17) is 15.9 Å². The summed E-state index contributed by atoms with van der Waals surface area (Å²) in [6, 6.07) is 11.7. The van der Waals surface area contributed by atoms with Crippen LogP contribution in [0.4, 0.5) is 24.5 Å². The third-order valence-corrected chi connectivity index (χ3v) is 6.40. The molecule has 0 atom stereocenters. The minimum absolute atomic E-state index is 0.0769. The van der Waals surface area contributed by atoms with E-state index in [1.165, 1.54) is 12.1 Å². The number of ether oxygens (including phenoxy) is 2. The number of aromatic nitrogens is 1. The SMILES string of the molecule is C#CCCCCOc1ncc(-c2cc(NC(=O)c3cccc(C(F)(F)F)c3)ccc2C)cc1N1CCOCC1.CC. The Morgan fingerprint density at radius 3 is 2.59 bits per heavy atom. The molecule has 2 heterocycles.